The number of carbonyl (C=O) groups excluding carboxylic acids is 1. The summed E-state index contributed by atoms with van der Waals surface area (Å²) in [7, 11) is 0. The molecule has 2 fully saturated rings. The van der Waals surface area contributed by atoms with Gasteiger partial charge < -0.3 is 24.6 Å². The second kappa shape index (κ2) is 12.0. The topological polar surface area (TPSA) is 123 Å². The first-order chi connectivity index (χ1) is 18.8. The molecule has 2 N–H and O–H groups in total. The molecule has 2 aromatic heterocycles. The number of amides is 1. The van der Waals surface area contributed by atoms with Crippen molar-refractivity contribution in [1.82, 2.24) is 24.9 Å². The van der Waals surface area contributed by atoms with Crippen LogP contribution in [-0.4, -0.2) is 91.0 Å². The minimum absolute atomic E-state index is 0.0180. The highest BCUT2D eigenvalue weighted by Crippen LogP contribution is 2.41. The van der Waals surface area contributed by atoms with Crippen LogP contribution in [0.4, 0.5) is 4.39 Å². The highest BCUT2D eigenvalue weighted by molar-refractivity contribution is 8.00. The molecule has 39 heavy (non-hydrogen) atoms. The summed E-state index contributed by atoms with van der Waals surface area (Å²) in [5.74, 6) is -0.812. The zero-order valence-electron chi connectivity index (χ0n) is 20.8. The maximum absolute atomic E-state index is 14.1. The Morgan fingerprint density at radius 3 is 2.77 bits per heavy atom. The zero-order chi connectivity index (χ0) is 27.7. The average Bonchev–Trinajstić information content (AvgIpc) is 3.36. The van der Waals surface area contributed by atoms with Gasteiger partial charge in [-0.25, -0.2) is 14.1 Å². The molecule has 2 aliphatic heterocycles. The van der Waals surface area contributed by atoms with Gasteiger partial charge >= 0.3 is 0 Å². The molecule has 2 saturated heterocycles. The lowest BCUT2D eigenvalue weighted by Gasteiger charge is -2.43. The van der Waals surface area contributed by atoms with Gasteiger partial charge in [0.25, 0.3) is 5.91 Å². The number of ether oxygens (including phenoxy) is 2. The van der Waals surface area contributed by atoms with Crippen LogP contribution in [0.15, 0.2) is 41.6 Å². The molecule has 10 nitrogen and oxygen atoms in total. The second-order valence-electron chi connectivity index (χ2n) is 9.10. The smallest absolute Gasteiger partial charge is 0.273 e. The molecule has 2 aliphatic rings. The van der Waals surface area contributed by atoms with Gasteiger partial charge in [-0.05, 0) is 31.5 Å². The first-order valence-electron chi connectivity index (χ1n) is 12.4. The summed E-state index contributed by atoms with van der Waals surface area (Å²) in [6.45, 7) is 2.90. The lowest BCUT2D eigenvalue weighted by Crippen LogP contribution is -2.56. The molecule has 0 aliphatic carbocycles. The van der Waals surface area contributed by atoms with E-state index in [9.17, 15) is 19.4 Å². The van der Waals surface area contributed by atoms with Crippen molar-refractivity contribution < 1.29 is 28.9 Å². The lowest BCUT2D eigenvalue weighted by molar-refractivity contribution is -0.191. The SMILES string of the molecule is CCOC1C(Sc2cc(Cl)cnc2C(=O)N2CCC2)OC(CO)C(O)C1n1cc(-c2ccc(Cl)c(F)c2)nn1. The summed E-state index contributed by atoms with van der Waals surface area (Å²) in [6.07, 6.45) is 0.899. The minimum Gasteiger partial charge on any atom is -0.394 e. The van der Waals surface area contributed by atoms with Crippen molar-refractivity contribution >= 4 is 40.9 Å². The van der Waals surface area contributed by atoms with Gasteiger partial charge in [0.2, 0.25) is 0 Å². The Kier molecular flexibility index (Phi) is 8.72. The predicted octanol–water partition coefficient (Wildman–Crippen LogP) is 3.45. The Balaban J connectivity index is 1.49. The van der Waals surface area contributed by atoms with Crippen molar-refractivity contribution in [3.05, 3.63) is 58.2 Å². The number of hydrogen-bond acceptors (Lipinski definition) is 9. The number of carbonyl (C=O) groups is 1. The maximum atomic E-state index is 14.1. The molecule has 0 saturated carbocycles. The van der Waals surface area contributed by atoms with Crippen LogP contribution < -0.4 is 0 Å². The molecule has 0 radical (unpaired) electrons. The van der Waals surface area contributed by atoms with Crippen molar-refractivity contribution in [1.29, 1.82) is 0 Å². The maximum Gasteiger partial charge on any atom is 0.273 e. The number of aromatic nitrogens is 4. The first kappa shape index (κ1) is 28.2. The molecule has 1 aromatic carbocycles. The highest BCUT2D eigenvalue weighted by Gasteiger charge is 2.48. The molecule has 14 heteroatoms. The van der Waals surface area contributed by atoms with Gasteiger partial charge in [-0.15, -0.1) is 5.10 Å². The van der Waals surface area contributed by atoms with Gasteiger partial charge in [0.1, 0.15) is 47.0 Å². The fourth-order valence-electron chi connectivity index (χ4n) is 4.50. The first-order valence-corrected chi connectivity index (χ1v) is 14.0. The van der Waals surface area contributed by atoms with Crippen molar-refractivity contribution in [2.24, 2.45) is 0 Å². The second-order valence-corrected chi connectivity index (χ2v) is 11.1. The normalized spacial score (nSPS) is 25.0. The number of aliphatic hydroxyl groups is 2. The van der Waals surface area contributed by atoms with Gasteiger partial charge in [-0.3, -0.25) is 4.79 Å². The number of hydrogen-bond donors (Lipinski definition) is 2. The van der Waals surface area contributed by atoms with Crippen LogP contribution in [0, 0.1) is 5.82 Å². The number of thioether (sulfide) groups is 1. The van der Waals surface area contributed by atoms with E-state index in [-0.39, 0.29) is 23.2 Å². The lowest BCUT2D eigenvalue weighted by atomic mass is 9.97. The zero-order valence-corrected chi connectivity index (χ0v) is 23.1. The fourth-order valence-corrected chi connectivity index (χ4v) is 6.11. The third-order valence-electron chi connectivity index (χ3n) is 6.62. The van der Waals surface area contributed by atoms with Gasteiger partial charge in [0, 0.05) is 36.4 Å². The van der Waals surface area contributed by atoms with Gasteiger partial charge in [0.05, 0.1) is 22.8 Å². The van der Waals surface area contributed by atoms with Crippen molar-refractivity contribution in [2.45, 2.75) is 48.0 Å². The van der Waals surface area contributed by atoms with E-state index in [0.717, 1.165) is 6.42 Å². The third kappa shape index (κ3) is 5.78. The van der Waals surface area contributed by atoms with E-state index in [2.05, 4.69) is 15.3 Å². The number of aliphatic hydroxyl groups excluding tert-OH is 2. The average molecular weight is 598 g/mol. The molecule has 4 heterocycles. The third-order valence-corrected chi connectivity index (χ3v) is 8.31. The number of pyridine rings is 1. The van der Waals surface area contributed by atoms with Crippen LogP contribution in [0.3, 0.4) is 0 Å². The minimum atomic E-state index is -1.22. The Morgan fingerprint density at radius 2 is 2.10 bits per heavy atom. The summed E-state index contributed by atoms with van der Waals surface area (Å²) in [5, 5.41) is 29.9. The molecular weight excluding hydrogens is 572 g/mol. The molecule has 208 valence electrons. The summed E-state index contributed by atoms with van der Waals surface area (Å²) in [5.41, 5.74) is 0.241. The van der Waals surface area contributed by atoms with Crippen LogP contribution in [-0.2, 0) is 9.47 Å². The van der Waals surface area contributed by atoms with Crippen LogP contribution in [0.1, 0.15) is 29.9 Å². The number of benzene rings is 1. The summed E-state index contributed by atoms with van der Waals surface area (Å²) in [4.78, 5) is 19.5. The van der Waals surface area contributed by atoms with Gasteiger partial charge in [-0.1, -0.05) is 46.2 Å². The highest BCUT2D eigenvalue weighted by atomic mass is 35.5. The Morgan fingerprint density at radius 1 is 1.31 bits per heavy atom. The van der Waals surface area contributed by atoms with E-state index in [0.29, 0.717) is 34.3 Å². The Labute approximate surface area is 238 Å². The standard InChI is InChI=1S/C25H26Cl2FN5O5S/c1-2-37-23-21(33-11-17(30-31-33)13-4-5-15(27)16(28)8-13)22(35)18(12-34)38-25(23)39-19-9-14(26)10-29-20(19)24(36)32-6-3-7-32/h4-5,8-11,18,21-23,25,34-35H,2-3,6-7,12H2,1H3. The van der Waals surface area contributed by atoms with E-state index in [1.54, 1.807) is 30.2 Å². The van der Waals surface area contributed by atoms with E-state index in [1.807, 2.05) is 0 Å². The van der Waals surface area contributed by atoms with Crippen molar-refractivity contribution in [2.75, 3.05) is 26.3 Å². The molecule has 0 spiro atoms. The number of halogens is 3. The number of rotatable bonds is 8. The molecule has 5 unspecified atom stereocenters. The summed E-state index contributed by atoms with van der Waals surface area (Å²) < 4.78 is 27.6. The largest absolute Gasteiger partial charge is 0.394 e. The quantitative estimate of drug-likeness (QED) is 0.402. The number of nitrogens with zero attached hydrogens (tertiary/aromatic N) is 5. The van der Waals surface area contributed by atoms with Crippen LogP contribution >= 0.6 is 35.0 Å². The van der Waals surface area contributed by atoms with E-state index >= 15 is 0 Å². The monoisotopic (exact) mass is 597 g/mol. The van der Waals surface area contributed by atoms with Gasteiger partial charge in [-0.2, -0.15) is 0 Å². The predicted molar refractivity (Wildman–Crippen MR) is 142 cm³/mol. The molecule has 3 aromatic rings. The fraction of sp³-hybridized carbons (Fsp3) is 0.440. The van der Waals surface area contributed by atoms with Crippen molar-refractivity contribution in [3.63, 3.8) is 0 Å². The Hall–Kier alpha value is -2.32. The van der Waals surface area contributed by atoms with Crippen LogP contribution in [0.2, 0.25) is 10.0 Å². The Bertz CT molecular complexity index is 1350. The van der Waals surface area contributed by atoms with Gasteiger partial charge in [0.15, 0.2) is 0 Å². The summed E-state index contributed by atoms with van der Waals surface area (Å²) >= 11 is 13.2. The summed E-state index contributed by atoms with van der Waals surface area (Å²) in [6, 6.07) is 5.07. The molecular formula is C25H26Cl2FN5O5S. The molecule has 1 amide bonds. The van der Waals surface area contributed by atoms with Crippen molar-refractivity contribution in [3.8, 4) is 11.3 Å². The molecule has 0 bridgehead atoms. The number of likely N-dealkylation sites (tertiary alicyclic amines) is 1. The van der Waals surface area contributed by atoms with E-state index in [4.69, 9.17) is 32.7 Å². The van der Waals surface area contributed by atoms with E-state index in [1.165, 1.54) is 34.8 Å². The molecule has 5 rings (SSSR count). The van der Waals surface area contributed by atoms with Crippen LogP contribution in [0.5, 0.6) is 0 Å². The molecule has 5 atom stereocenters. The van der Waals surface area contributed by atoms with Crippen LogP contribution in [0.25, 0.3) is 11.3 Å². The van der Waals surface area contributed by atoms with E-state index < -0.39 is 42.2 Å².